The monoisotopic (exact) mass is 345 g/mol. The van der Waals surface area contributed by atoms with Gasteiger partial charge in [0.2, 0.25) is 0 Å². The van der Waals surface area contributed by atoms with Crippen molar-refractivity contribution in [1.29, 1.82) is 0 Å². The highest BCUT2D eigenvalue weighted by atomic mass is 79.9. The van der Waals surface area contributed by atoms with E-state index in [-0.39, 0.29) is 5.82 Å². The Morgan fingerprint density at radius 3 is 3.05 bits per heavy atom. The number of benzene rings is 1. The Bertz CT molecular complexity index is 576. The molecule has 1 aromatic carbocycles. The summed E-state index contributed by atoms with van der Waals surface area (Å²) < 4.78 is 23.5. The summed E-state index contributed by atoms with van der Waals surface area (Å²) >= 11 is 4.61. The van der Waals surface area contributed by atoms with Crippen molar-refractivity contribution < 1.29 is 9.13 Å². The van der Waals surface area contributed by atoms with E-state index in [1.54, 1.807) is 6.07 Å². The minimum absolute atomic E-state index is 0.270. The van der Waals surface area contributed by atoms with Crippen molar-refractivity contribution in [3.05, 3.63) is 34.1 Å². The first-order valence-electron chi connectivity index (χ1n) is 5.67. The largest absolute Gasteiger partial charge is 0.487 e. The maximum Gasteiger partial charge on any atom is 0.197 e. The fourth-order valence-corrected chi connectivity index (χ4v) is 2.59. The first-order valence-corrected chi connectivity index (χ1v) is 7.24. The van der Waals surface area contributed by atoms with E-state index in [1.807, 2.05) is 6.92 Å². The van der Waals surface area contributed by atoms with Crippen LogP contribution in [0.5, 0.6) is 5.75 Å². The Morgan fingerprint density at radius 2 is 2.32 bits per heavy atom. The molecule has 0 spiro atoms. The molecule has 0 atom stereocenters. The van der Waals surface area contributed by atoms with Crippen LogP contribution in [-0.2, 0) is 6.54 Å². The van der Waals surface area contributed by atoms with E-state index in [9.17, 15) is 4.39 Å². The predicted octanol–water partition coefficient (Wildman–Crippen LogP) is 3.64. The first-order chi connectivity index (χ1) is 9.11. The first kappa shape index (κ1) is 14.1. The van der Waals surface area contributed by atoms with Crippen molar-refractivity contribution in [2.45, 2.75) is 13.5 Å². The summed E-state index contributed by atoms with van der Waals surface area (Å²) in [7, 11) is 0. The summed E-state index contributed by atoms with van der Waals surface area (Å²) in [6, 6.07) is 4.56. The second-order valence-corrected chi connectivity index (χ2v) is 5.38. The molecule has 2 aromatic rings. The van der Waals surface area contributed by atoms with Gasteiger partial charge >= 0.3 is 0 Å². The van der Waals surface area contributed by atoms with Gasteiger partial charge in [0.1, 0.15) is 5.82 Å². The number of anilines is 2. The Hall–Kier alpha value is -1.34. The molecule has 3 N–H and O–H groups in total. The number of halogens is 2. The minimum Gasteiger partial charge on any atom is -0.487 e. The quantitative estimate of drug-likeness (QED) is 0.868. The number of hydrogen-bond acceptors (Lipinski definition) is 5. The summed E-state index contributed by atoms with van der Waals surface area (Å²) in [6.45, 7) is 2.85. The van der Waals surface area contributed by atoms with Crippen LogP contribution in [-0.4, -0.2) is 11.0 Å². The van der Waals surface area contributed by atoms with Crippen LogP contribution in [0.2, 0.25) is 0 Å². The fourth-order valence-electron chi connectivity index (χ4n) is 1.54. The van der Waals surface area contributed by atoms with Crippen molar-refractivity contribution >= 4 is 38.3 Å². The lowest BCUT2D eigenvalue weighted by atomic mass is 10.2. The van der Waals surface area contributed by atoms with Crippen LogP contribution in [0.4, 0.5) is 15.2 Å². The SMILES string of the molecule is CCOc1c(N)nsc1NCc1cc(F)ccc1Br. The highest BCUT2D eigenvalue weighted by molar-refractivity contribution is 9.10. The standard InChI is InChI=1S/C12H13BrFN3OS/c1-2-18-10-11(15)17-19-12(10)16-6-7-5-8(14)3-4-9(7)13/h3-5,16H,2,6H2,1H3,(H2,15,17). The van der Waals surface area contributed by atoms with E-state index < -0.39 is 0 Å². The summed E-state index contributed by atoms with van der Waals surface area (Å²) in [5.41, 5.74) is 6.53. The number of nitrogen functional groups attached to an aromatic ring is 1. The van der Waals surface area contributed by atoms with Crippen molar-refractivity contribution in [3.8, 4) is 5.75 Å². The molecule has 0 radical (unpaired) electrons. The van der Waals surface area contributed by atoms with Gasteiger partial charge in [-0.2, -0.15) is 4.37 Å². The van der Waals surface area contributed by atoms with E-state index in [0.29, 0.717) is 24.7 Å². The molecule has 0 saturated carbocycles. The normalized spacial score (nSPS) is 10.5. The Balaban J connectivity index is 2.12. The van der Waals surface area contributed by atoms with Gasteiger partial charge in [0, 0.05) is 11.0 Å². The van der Waals surface area contributed by atoms with E-state index in [4.69, 9.17) is 10.5 Å². The third-order valence-corrected chi connectivity index (χ3v) is 3.98. The molecule has 0 amide bonds. The molecule has 7 heteroatoms. The van der Waals surface area contributed by atoms with Crippen molar-refractivity contribution in [3.63, 3.8) is 0 Å². The zero-order valence-corrected chi connectivity index (χ0v) is 12.6. The maximum atomic E-state index is 13.2. The van der Waals surface area contributed by atoms with E-state index in [1.165, 1.54) is 23.7 Å². The lowest BCUT2D eigenvalue weighted by Gasteiger charge is -2.09. The third-order valence-electron chi connectivity index (χ3n) is 2.41. The van der Waals surface area contributed by atoms with Crippen LogP contribution in [0, 0.1) is 5.82 Å². The molecule has 0 saturated heterocycles. The summed E-state index contributed by atoms with van der Waals surface area (Å²) in [5.74, 6) is 0.654. The zero-order valence-electron chi connectivity index (χ0n) is 10.2. The number of nitrogens with two attached hydrogens (primary N) is 1. The highest BCUT2D eigenvalue weighted by Crippen LogP contribution is 2.35. The van der Waals surface area contributed by atoms with Gasteiger partial charge in [-0.3, -0.25) is 0 Å². The topological polar surface area (TPSA) is 60.2 Å². The number of rotatable bonds is 5. The number of nitrogens with zero attached hydrogens (tertiary/aromatic N) is 1. The Kier molecular flexibility index (Phi) is 4.60. The molecule has 1 aromatic heterocycles. The molecule has 0 aliphatic rings. The molecular weight excluding hydrogens is 333 g/mol. The smallest absolute Gasteiger partial charge is 0.197 e. The van der Waals surface area contributed by atoms with Crippen LogP contribution in [0.1, 0.15) is 12.5 Å². The number of aromatic nitrogens is 1. The Labute approximate surface area is 123 Å². The fraction of sp³-hybridized carbons (Fsp3) is 0.250. The maximum absolute atomic E-state index is 13.2. The lowest BCUT2D eigenvalue weighted by Crippen LogP contribution is -2.02. The molecule has 0 aliphatic carbocycles. The summed E-state index contributed by atoms with van der Waals surface area (Å²) in [6.07, 6.45) is 0. The molecule has 0 bridgehead atoms. The van der Waals surface area contributed by atoms with Crippen molar-refractivity contribution in [2.75, 3.05) is 17.7 Å². The number of hydrogen-bond donors (Lipinski definition) is 2. The van der Waals surface area contributed by atoms with Gasteiger partial charge in [0.25, 0.3) is 0 Å². The van der Waals surface area contributed by atoms with E-state index in [0.717, 1.165) is 15.0 Å². The van der Waals surface area contributed by atoms with Gasteiger partial charge in [-0.05, 0) is 42.2 Å². The number of ether oxygens (including phenoxy) is 1. The van der Waals surface area contributed by atoms with Gasteiger partial charge in [-0.1, -0.05) is 15.9 Å². The average Bonchev–Trinajstić information content (AvgIpc) is 2.73. The molecule has 1 heterocycles. The molecule has 4 nitrogen and oxygen atoms in total. The zero-order chi connectivity index (χ0) is 13.8. The highest BCUT2D eigenvalue weighted by Gasteiger charge is 2.12. The van der Waals surface area contributed by atoms with Crippen LogP contribution >= 0.6 is 27.5 Å². The molecule has 0 aliphatic heterocycles. The van der Waals surface area contributed by atoms with Crippen molar-refractivity contribution in [2.24, 2.45) is 0 Å². The molecule has 19 heavy (non-hydrogen) atoms. The van der Waals surface area contributed by atoms with Gasteiger partial charge in [0.15, 0.2) is 16.6 Å². The number of nitrogens with one attached hydrogen (secondary N) is 1. The van der Waals surface area contributed by atoms with E-state index in [2.05, 4.69) is 25.6 Å². The summed E-state index contributed by atoms with van der Waals surface area (Å²) in [4.78, 5) is 0. The average molecular weight is 346 g/mol. The third kappa shape index (κ3) is 3.36. The second kappa shape index (κ2) is 6.21. The second-order valence-electron chi connectivity index (χ2n) is 3.75. The molecule has 102 valence electrons. The van der Waals surface area contributed by atoms with E-state index >= 15 is 0 Å². The van der Waals surface area contributed by atoms with Crippen LogP contribution < -0.4 is 15.8 Å². The summed E-state index contributed by atoms with van der Waals surface area (Å²) in [5, 5.41) is 3.90. The van der Waals surface area contributed by atoms with Gasteiger partial charge in [-0.15, -0.1) is 0 Å². The molecule has 0 unspecified atom stereocenters. The minimum atomic E-state index is -0.270. The van der Waals surface area contributed by atoms with Crippen LogP contribution in [0.15, 0.2) is 22.7 Å². The van der Waals surface area contributed by atoms with Gasteiger partial charge in [0.05, 0.1) is 6.61 Å². The van der Waals surface area contributed by atoms with Gasteiger partial charge in [-0.25, -0.2) is 4.39 Å². The van der Waals surface area contributed by atoms with Crippen molar-refractivity contribution in [1.82, 2.24) is 4.37 Å². The molecular formula is C12H13BrFN3OS. The molecule has 2 rings (SSSR count). The predicted molar refractivity (Wildman–Crippen MR) is 79.1 cm³/mol. The van der Waals surface area contributed by atoms with Crippen LogP contribution in [0.3, 0.4) is 0 Å². The van der Waals surface area contributed by atoms with Crippen LogP contribution in [0.25, 0.3) is 0 Å². The molecule has 0 fully saturated rings. The Morgan fingerprint density at radius 1 is 1.53 bits per heavy atom. The van der Waals surface area contributed by atoms with Gasteiger partial charge < -0.3 is 15.8 Å². The lowest BCUT2D eigenvalue weighted by molar-refractivity contribution is 0.344.